The number of amides is 2. The minimum atomic E-state index is -0.0470. The van der Waals surface area contributed by atoms with E-state index in [9.17, 15) is 4.79 Å². The van der Waals surface area contributed by atoms with E-state index in [0.717, 1.165) is 12.2 Å². The van der Waals surface area contributed by atoms with E-state index < -0.39 is 0 Å². The molecule has 2 amide bonds. The van der Waals surface area contributed by atoms with E-state index in [0.29, 0.717) is 13.1 Å². The maximum absolute atomic E-state index is 11.5. The summed E-state index contributed by atoms with van der Waals surface area (Å²) < 4.78 is 1.84. The van der Waals surface area contributed by atoms with Crippen LogP contribution < -0.4 is 10.2 Å². The van der Waals surface area contributed by atoms with Gasteiger partial charge in [0, 0.05) is 19.3 Å². The molecule has 0 saturated carbocycles. The first-order valence-electron chi connectivity index (χ1n) is 5.95. The Morgan fingerprint density at radius 3 is 2.83 bits per heavy atom. The topological polar surface area (TPSA) is 50.2 Å². The molecule has 18 heavy (non-hydrogen) atoms. The average molecular weight is 242 g/mol. The van der Waals surface area contributed by atoms with Crippen LogP contribution in [-0.4, -0.2) is 28.9 Å². The fraction of sp³-hybridized carbons (Fsp3) is 0.231. The third-order valence-corrected chi connectivity index (χ3v) is 2.98. The van der Waals surface area contributed by atoms with E-state index in [4.69, 9.17) is 0 Å². The summed E-state index contributed by atoms with van der Waals surface area (Å²) in [4.78, 5) is 13.2. The van der Waals surface area contributed by atoms with Gasteiger partial charge in [-0.05, 0) is 5.56 Å². The Labute approximate surface area is 105 Å². The Kier molecular flexibility index (Phi) is 2.72. The van der Waals surface area contributed by atoms with Gasteiger partial charge >= 0.3 is 6.03 Å². The fourth-order valence-electron chi connectivity index (χ4n) is 2.07. The molecule has 0 unspecified atom stereocenters. The van der Waals surface area contributed by atoms with E-state index in [-0.39, 0.29) is 6.03 Å². The summed E-state index contributed by atoms with van der Waals surface area (Å²) in [6, 6.07) is 10.1. The van der Waals surface area contributed by atoms with Gasteiger partial charge in [0.2, 0.25) is 0 Å². The molecule has 3 rings (SSSR count). The Hall–Kier alpha value is -2.30. The molecule has 2 heterocycles. The highest BCUT2D eigenvalue weighted by atomic mass is 16.2. The second-order valence-electron chi connectivity index (χ2n) is 4.27. The predicted octanol–water partition coefficient (Wildman–Crippen LogP) is 1.46. The van der Waals surface area contributed by atoms with Crippen molar-refractivity contribution in [2.45, 2.75) is 6.54 Å². The molecule has 1 aromatic heterocycles. The zero-order valence-electron chi connectivity index (χ0n) is 9.91. The van der Waals surface area contributed by atoms with Crippen LogP contribution in [0, 0.1) is 0 Å². The van der Waals surface area contributed by atoms with E-state index in [1.807, 2.05) is 29.1 Å². The van der Waals surface area contributed by atoms with E-state index in [1.54, 1.807) is 11.1 Å². The number of hydrogen-bond acceptors (Lipinski definition) is 2. The third kappa shape index (κ3) is 2.07. The smallest absolute Gasteiger partial charge is 0.322 e. The molecule has 1 aliphatic heterocycles. The second kappa shape index (κ2) is 4.52. The van der Waals surface area contributed by atoms with Crippen molar-refractivity contribution in [3.05, 3.63) is 48.3 Å². The molecule has 0 bridgehead atoms. The highest BCUT2D eigenvalue weighted by Gasteiger charge is 2.22. The first kappa shape index (κ1) is 10.8. The second-order valence-corrected chi connectivity index (χ2v) is 4.27. The van der Waals surface area contributed by atoms with Crippen LogP contribution >= 0.6 is 0 Å². The summed E-state index contributed by atoms with van der Waals surface area (Å²) in [6.07, 6.45) is 3.63. The van der Waals surface area contributed by atoms with E-state index >= 15 is 0 Å². The van der Waals surface area contributed by atoms with Crippen LogP contribution in [0.25, 0.3) is 0 Å². The number of carbonyl (C=O) groups excluding carboxylic acids is 1. The van der Waals surface area contributed by atoms with Gasteiger partial charge in [0.25, 0.3) is 0 Å². The quantitative estimate of drug-likeness (QED) is 0.886. The normalized spacial score (nSPS) is 14.9. The van der Waals surface area contributed by atoms with Gasteiger partial charge in [-0.15, -0.1) is 0 Å². The van der Waals surface area contributed by atoms with Crippen LogP contribution in [0.15, 0.2) is 42.7 Å². The van der Waals surface area contributed by atoms with Crippen LogP contribution in [0.1, 0.15) is 5.56 Å². The Morgan fingerprint density at radius 2 is 2.11 bits per heavy atom. The summed E-state index contributed by atoms with van der Waals surface area (Å²) >= 11 is 0. The van der Waals surface area contributed by atoms with Crippen molar-refractivity contribution in [1.82, 2.24) is 15.1 Å². The molecular weight excluding hydrogens is 228 g/mol. The number of nitrogens with zero attached hydrogens (tertiary/aromatic N) is 3. The Bertz CT molecular complexity index is 549. The van der Waals surface area contributed by atoms with Gasteiger partial charge in [-0.2, -0.15) is 5.10 Å². The minimum absolute atomic E-state index is 0.0470. The van der Waals surface area contributed by atoms with E-state index in [2.05, 4.69) is 22.5 Å². The average Bonchev–Trinajstić information content (AvgIpc) is 2.99. The summed E-state index contributed by atoms with van der Waals surface area (Å²) in [5.41, 5.74) is 2.04. The van der Waals surface area contributed by atoms with Gasteiger partial charge < -0.3 is 5.32 Å². The molecule has 0 spiro atoms. The van der Waals surface area contributed by atoms with Gasteiger partial charge in [0.15, 0.2) is 0 Å². The SMILES string of the molecule is O=C1NCCN1c1cnn(Cc2ccccc2)c1. The number of urea groups is 1. The van der Waals surface area contributed by atoms with Crippen molar-refractivity contribution in [3.63, 3.8) is 0 Å². The lowest BCUT2D eigenvalue weighted by Gasteiger charge is -2.10. The van der Waals surface area contributed by atoms with Crippen molar-refractivity contribution >= 4 is 11.7 Å². The molecular formula is C13H14N4O. The zero-order valence-corrected chi connectivity index (χ0v) is 9.91. The highest BCUT2D eigenvalue weighted by Crippen LogP contribution is 2.15. The molecule has 2 aromatic rings. The number of hydrogen-bond donors (Lipinski definition) is 1. The van der Waals surface area contributed by atoms with Crippen molar-refractivity contribution in [3.8, 4) is 0 Å². The van der Waals surface area contributed by atoms with Gasteiger partial charge in [0.1, 0.15) is 0 Å². The van der Waals surface area contributed by atoms with Crippen molar-refractivity contribution < 1.29 is 4.79 Å². The molecule has 92 valence electrons. The molecule has 1 aromatic carbocycles. The number of aromatic nitrogens is 2. The highest BCUT2D eigenvalue weighted by molar-refractivity contribution is 5.93. The predicted molar refractivity (Wildman–Crippen MR) is 68.5 cm³/mol. The summed E-state index contributed by atoms with van der Waals surface area (Å²) in [5, 5.41) is 7.06. The number of rotatable bonds is 3. The first-order valence-corrected chi connectivity index (χ1v) is 5.95. The van der Waals surface area contributed by atoms with E-state index in [1.165, 1.54) is 5.56 Å². The summed E-state index contributed by atoms with van der Waals surface area (Å²) in [7, 11) is 0. The molecule has 5 nitrogen and oxygen atoms in total. The number of carbonyl (C=O) groups is 1. The molecule has 5 heteroatoms. The molecule has 0 atom stereocenters. The van der Waals surface area contributed by atoms with Crippen LogP contribution in [0.5, 0.6) is 0 Å². The summed E-state index contributed by atoms with van der Waals surface area (Å²) in [5.74, 6) is 0. The number of anilines is 1. The zero-order chi connectivity index (χ0) is 12.4. The lowest BCUT2D eigenvalue weighted by molar-refractivity contribution is 0.252. The van der Waals surface area contributed by atoms with Crippen molar-refractivity contribution in [2.24, 2.45) is 0 Å². The number of benzene rings is 1. The maximum Gasteiger partial charge on any atom is 0.322 e. The first-order chi connectivity index (χ1) is 8.83. The molecule has 1 fully saturated rings. The molecule has 0 aliphatic carbocycles. The standard InChI is InChI=1S/C13H14N4O/c18-13-14-6-7-17(13)12-8-15-16(10-12)9-11-4-2-1-3-5-11/h1-5,8,10H,6-7,9H2,(H,14,18). The maximum atomic E-state index is 11.5. The molecule has 1 aliphatic rings. The number of nitrogens with one attached hydrogen (secondary N) is 1. The lowest BCUT2D eigenvalue weighted by Crippen LogP contribution is -2.27. The Balaban J connectivity index is 1.76. The monoisotopic (exact) mass is 242 g/mol. The molecule has 0 radical (unpaired) electrons. The largest absolute Gasteiger partial charge is 0.336 e. The lowest BCUT2D eigenvalue weighted by atomic mass is 10.2. The van der Waals surface area contributed by atoms with Crippen molar-refractivity contribution in [1.29, 1.82) is 0 Å². The van der Waals surface area contributed by atoms with Gasteiger partial charge in [-0.1, -0.05) is 30.3 Å². The van der Waals surface area contributed by atoms with Crippen LogP contribution in [0.4, 0.5) is 10.5 Å². The third-order valence-electron chi connectivity index (χ3n) is 2.98. The van der Waals surface area contributed by atoms with Gasteiger partial charge in [0.05, 0.1) is 18.4 Å². The van der Waals surface area contributed by atoms with Crippen LogP contribution in [0.3, 0.4) is 0 Å². The molecule has 1 N–H and O–H groups in total. The van der Waals surface area contributed by atoms with Crippen molar-refractivity contribution in [2.75, 3.05) is 18.0 Å². The molecule has 1 saturated heterocycles. The van der Waals surface area contributed by atoms with Gasteiger partial charge in [-0.25, -0.2) is 4.79 Å². The summed E-state index contributed by atoms with van der Waals surface area (Å²) in [6.45, 7) is 2.12. The fourth-order valence-corrected chi connectivity index (χ4v) is 2.07. The van der Waals surface area contributed by atoms with Crippen LogP contribution in [0.2, 0.25) is 0 Å². The Morgan fingerprint density at radius 1 is 1.28 bits per heavy atom. The minimum Gasteiger partial charge on any atom is -0.336 e. The van der Waals surface area contributed by atoms with Crippen LogP contribution in [-0.2, 0) is 6.54 Å². The van der Waals surface area contributed by atoms with Gasteiger partial charge in [-0.3, -0.25) is 9.58 Å².